The Labute approximate surface area is 102 Å². The minimum Gasteiger partial charge on any atom is -0.293 e. The highest BCUT2D eigenvalue weighted by Crippen LogP contribution is 2.19. The second-order valence-electron chi connectivity index (χ2n) is 3.15. The highest BCUT2D eigenvalue weighted by atomic mass is 79.9. The summed E-state index contributed by atoms with van der Waals surface area (Å²) in [6.45, 7) is 1.29. The molecule has 1 rings (SSSR count). The molecule has 0 unspecified atom stereocenters. The fourth-order valence-corrected chi connectivity index (χ4v) is 2.62. The van der Waals surface area contributed by atoms with Crippen molar-refractivity contribution in [2.45, 2.75) is 17.1 Å². The fraction of sp³-hybridized carbons (Fsp3) is 0.222. The molecule has 0 bridgehead atoms. The Morgan fingerprint density at radius 1 is 1.38 bits per heavy atom. The molecule has 0 fully saturated rings. The monoisotopic (exact) mass is 306 g/mol. The fourth-order valence-electron chi connectivity index (χ4n) is 1.09. The average molecular weight is 307 g/mol. The van der Waals surface area contributed by atoms with E-state index >= 15 is 0 Å². The van der Waals surface area contributed by atoms with E-state index in [9.17, 15) is 13.2 Å². The molecule has 0 aliphatic carbocycles. The van der Waals surface area contributed by atoms with Crippen LogP contribution in [-0.2, 0) is 14.6 Å². The summed E-state index contributed by atoms with van der Waals surface area (Å²) in [6.07, 6.45) is 0. The van der Waals surface area contributed by atoms with Gasteiger partial charge in [-0.1, -0.05) is 15.9 Å². The molecule has 88 valence electrons. The van der Waals surface area contributed by atoms with Crippen LogP contribution in [0.15, 0.2) is 33.6 Å². The highest BCUT2D eigenvalue weighted by Gasteiger charge is 2.28. The topological polar surface area (TPSA) is 89.3 Å². The zero-order valence-electron chi connectivity index (χ0n) is 8.48. The summed E-state index contributed by atoms with van der Waals surface area (Å²) in [5.41, 5.74) is 1.82. The molecule has 0 saturated carbocycles. The van der Waals surface area contributed by atoms with Crippen LogP contribution in [0.4, 0.5) is 0 Å². The van der Waals surface area contributed by atoms with Gasteiger partial charge in [0.1, 0.15) is 5.25 Å². The van der Waals surface area contributed by atoms with E-state index in [1.807, 2.05) is 5.43 Å². The SMILES string of the molecule is C[C@H](C(=O)NN)S(=O)(=O)c1ccc(Br)cc1. The summed E-state index contributed by atoms with van der Waals surface area (Å²) in [6, 6.07) is 6.05. The largest absolute Gasteiger partial charge is 0.293 e. The first-order valence-electron chi connectivity index (χ1n) is 4.39. The zero-order valence-corrected chi connectivity index (χ0v) is 10.9. The number of sulfone groups is 1. The second kappa shape index (κ2) is 4.94. The number of benzene rings is 1. The summed E-state index contributed by atoms with van der Waals surface area (Å²) in [7, 11) is -3.68. The maximum atomic E-state index is 11.9. The van der Waals surface area contributed by atoms with E-state index in [0.717, 1.165) is 4.47 Å². The number of hydrogen-bond acceptors (Lipinski definition) is 4. The summed E-state index contributed by atoms with van der Waals surface area (Å²) in [5.74, 6) is 4.17. The smallest absolute Gasteiger partial charge is 0.252 e. The third-order valence-corrected chi connectivity index (χ3v) is 4.72. The molecular formula is C9H11BrN2O3S. The summed E-state index contributed by atoms with van der Waals surface area (Å²) >= 11 is 3.20. The molecule has 5 nitrogen and oxygen atoms in total. The zero-order chi connectivity index (χ0) is 12.3. The maximum absolute atomic E-state index is 11.9. The lowest BCUT2D eigenvalue weighted by Gasteiger charge is -2.11. The standard InChI is InChI=1S/C9H11BrN2O3S/c1-6(9(13)12-11)16(14,15)8-4-2-7(10)3-5-8/h2-6H,11H2,1H3,(H,12,13)/t6-/m1/s1. The lowest BCUT2D eigenvalue weighted by atomic mass is 10.4. The molecule has 1 aromatic rings. The number of nitrogens with one attached hydrogen (secondary N) is 1. The number of halogens is 1. The Morgan fingerprint density at radius 3 is 2.31 bits per heavy atom. The van der Waals surface area contributed by atoms with Gasteiger partial charge in [-0.3, -0.25) is 10.2 Å². The molecule has 3 N–H and O–H groups in total. The summed E-state index contributed by atoms with van der Waals surface area (Å²) in [5, 5.41) is -1.21. The molecule has 0 aliphatic rings. The van der Waals surface area contributed by atoms with Gasteiger partial charge in [0, 0.05) is 4.47 Å². The number of hydrogen-bond donors (Lipinski definition) is 2. The lowest BCUT2D eigenvalue weighted by Crippen LogP contribution is -2.41. The lowest BCUT2D eigenvalue weighted by molar-refractivity contribution is -0.120. The highest BCUT2D eigenvalue weighted by molar-refractivity contribution is 9.10. The van der Waals surface area contributed by atoms with Gasteiger partial charge in [-0.05, 0) is 31.2 Å². The minimum absolute atomic E-state index is 0.0896. The summed E-state index contributed by atoms with van der Waals surface area (Å²) in [4.78, 5) is 11.3. The van der Waals surface area contributed by atoms with Crippen molar-refractivity contribution in [2.24, 2.45) is 5.84 Å². The summed E-state index contributed by atoms with van der Waals surface area (Å²) < 4.78 is 24.6. The molecule has 1 atom stereocenters. The van der Waals surface area contributed by atoms with Gasteiger partial charge in [-0.2, -0.15) is 0 Å². The number of hydrazine groups is 1. The molecule has 0 aliphatic heterocycles. The van der Waals surface area contributed by atoms with Crippen LogP contribution < -0.4 is 11.3 Å². The molecule has 16 heavy (non-hydrogen) atoms. The number of amides is 1. The number of rotatable bonds is 3. The molecule has 0 aromatic heterocycles. The predicted octanol–water partition coefficient (Wildman–Crippen LogP) is 0.601. The van der Waals surface area contributed by atoms with Crippen molar-refractivity contribution in [2.75, 3.05) is 0 Å². The molecule has 0 saturated heterocycles. The third kappa shape index (κ3) is 2.60. The molecule has 1 aromatic carbocycles. The maximum Gasteiger partial charge on any atom is 0.252 e. The van der Waals surface area contributed by atoms with Crippen LogP contribution in [-0.4, -0.2) is 19.6 Å². The second-order valence-corrected chi connectivity index (χ2v) is 6.33. The van der Waals surface area contributed by atoms with E-state index in [1.54, 1.807) is 12.1 Å². The van der Waals surface area contributed by atoms with Gasteiger partial charge >= 0.3 is 0 Å². The Kier molecular flexibility index (Phi) is 4.06. The van der Waals surface area contributed by atoms with Crippen molar-refractivity contribution in [3.05, 3.63) is 28.7 Å². The van der Waals surface area contributed by atoms with Gasteiger partial charge in [0.2, 0.25) is 0 Å². The van der Waals surface area contributed by atoms with Crippen LogP contribution >= 0.6 is 15.9 Å². The Morgan fingerprint density at radius 2 is 1.88 bits per heavy atom. The van der Waals surface area contributed by atoms with Gasteiger partial charge < -0.3 is 0 Å². The minimum atomic E-state index is -3.68. The van der Waals surface area contributed by atoms with Crippen LogP contribution in [0.25, 0.3) is 0 Å². The van der Waals surface area contributed by atoms with Crippen molar-refractivity contribution in [1.82, 2.24) is 5.43 Å². The Hall–Kier alpha value is -0.920. The van der Waals surface area contributed by atoms with E-state index in [0.29, 0.717) is 0 Å². The predicted molar refractivity (Wildman–Crippen MR) is 63.1 cm³/mol. The van der Waals surface area contributed by atoms with E-state index in [-0.39, 0.29) is 4.90 Å². The van der Waals surface area contributed by atoms with Crippen molar-refractivity contribution in [3.63, 3.8) is 0 Å². The van der Waals surface area contributed by atoms with Crippen LogP contribution in [0, 0.1) is 0 Å². The van der Waals surface area contributed by atoms with E-state index < -0.39 is 21.0 Å². The first-order chi connectivity index (χ1) is 7.39. The van der Waals surface area contributed by atoms with Gasteiger partial charge in [0.05, 0.1) is 4.90 Å². The molecule has 0 radical (unpaired) electrons. The first-order valence-corrected chi connectivity index (χ1v) is 6.73. The van der Waals surface area contributed by atoms with Crippen molar-refractivity contribution >= 4 is 31.7 Å². The average Bonchev–Trinajstić information content (AvgIpc) is 2.27. The molecule has 0 spiro atoms. The molecule has 1 amide bonds. The van der Waals surface area contributed by atoms with E-state index in [1.165, 1.54) is 19.1 Å². The van der Waals surface area contributed by atoms with Gasteiger partial charge in [-0.25, -0.2) is 14.3 Å². The molecular weight excluding hydrogens is 296 g/mol. The normalized spacial score (nSPS) is 13.2. The van der Waals surface area contributed by atoms with Crippen LogP contribution in [0.2, 0.25) is 0 Å². The number of carbonyl (C=O) groups excluding carboxylic acids is 1. The quantitative estimate of drug-likeness (QED) is 0.486. The first kappa shape index (κ1) is 13.1. The van der Waals surface area contributed by atoms with E-state index in [2.05, 4.69) is 15.9 Å². The Balaban J connectivity index is 3.12. The third-order valence-electron chi connectivity index (χ3n) is 2.12. The van der Waals surface area contributed by atoms with Crippen LogP contribution in [0.5, 0.6) is 0 Å². The van der Waals surface area contributed by atoms with Crippen molar-refractivity contribution in [1.29, 1.82) is 0 Å². The van der Waals surface area contributed by atoms with Gasteiger partial charge in [0.15, 0.2) is 9.84 Å². The van der Waals surface area contributed by atoms with Crippen LogP contribution in [0.1, 0.15) is 6.92 Å². The van der Waals surface area contributed by atoms with Crippen molar-refractivity contribution in [3.8, 4) is 0 Å². The molecule has 0 heterocycles. The number of nitrogens with two attached hydrogens (primary N) is 1. The van der Waals surface area contributed by atoms with Crippen LogP contribution in [0.3, 0.4) is 0 Å². The molecule has 7 heteroatoms. The number of carbonyl (C=O) groups is 1. The van der Waals surface area contributed by atoms with E-state index in [4.69, 9.17) is 5.84 Å². The van der Waals surface area contributed by atoms with Gasteiger partial charge in [0.25, 0.3) is 5.91 Å². The van der Waals surface area contributed by atoms with Crippen molar-refractivity contribution < 1.29 is 13.2 Å². The van der Waals surface area contributed by atoms with Gasteiger partial charge in [-0.15, -0.1) is 0 Å². The Bertz CT molecular complexity index is 484.